The quantitative estimate of drug-likeness (QED) is 0.662. The van der Waals surface area contributed by atoms with Crippen molar-refractivity contribution in [2.75, 3.05) is 39.8 Å². The standard InChI is InChI=1S/C12H20N3O2/c1-13-7-8-15(10-16)11(9-13)12(17)14-5-3-2-4-6-14/h11H,2-9H2,1H3. The first-order chi connectivity index (χ1) is 8.22. The van der Waals surface area contributed by atoms with Gasteiger partial charge < -0.3 is 14.7 Å². The van der Waals surface area contributed by atoms with Crippen LogP contribution in [0.25, 0.3) is 0 Å². The van der Waals surface area contributed by atoms with Gasteiger partial charge in [-0.25, -0.2) is 0 Å². The number of amides is 2. The third-order valence-electron chi connectivity index (χ3n) is 3.65. The van der Waals surface area contributed by atoms with Gasteiger partial charge in [0.2, 0.25) is 5.91 Å². The third kappa shape index (κ3) is 2.77. The molecule has 95 valence electrons. The molecule has 0 N–H and O–H groups in total. The van der Waals surface area contributed by atoms with Gasteiger partial charge in [0.15, 0.2) is 0 Å². The van der Waals surface area contributed by atoms with Crippen molar-refractivity contribution in [3.05, 3.63) is 0 Å². The molecule has 1 radical (unpaired) electrons. The van der Waals surface area contributed by atoms with Crippen molar-refractivity contribution in [2.24, 2.45) is 0 Å². The number of hydrogen-bond acceptors (Lipinski definition) is 3. The van der Waals surface area contributed by atoms with Crippen LogP contribution in [-0.4, -0.2) is 72.8 Å². The fraction of sp³-hybridized carbons (Fsp3) is 0.833. The maximum absolute atomic E-state index is 12.3. The van der Waals surface area contributed by atoms with Crippen LogP contribution in [-0.2, 0) is 9.59 Å². The number of piperazine rings is 1. The number of carbonyl (C=O) groups is 1. The molecule has 0 saturated carbocycles. The molecule has 0 aliphatic carbocycles. The maximum atomic E-state index is 12.3. The van der Waals surface area contributed by atoms with Gasteiger partial charge in [0, 0.05) is 32.7 Å². The second-order valence-corrected chi connectivity index (χ2v) is 4.95. The van der Waals surface area contributed by atoms with Gasteiger partial charge in [-0.1, -0.05) is 0 Å². The molecule has 1 atom stereocenters. The Bertz CT molecular complexity index is 289. The highest BCUT2D eigenvalue weighted by Gasteiger charge is 2.33. The molecule has 0 bridgehead atoms. The second-order valence-electron chi connectivity index (χ2n) is 4.95. The summed E-state index contributed by atoms with van der Waals surface area (Å²) in [5, 5.41) is 0. The molecule has 0 aromatic heterocycles. The first-order valence-electron chi connectivity index (χ1n) is 6.34. The topological polar surface area (TPSA) is 43.9 Å². The normalized spacial score (nSPS) is 27.0. The minimum atomic E-state index is -0.329. The molecule has 2 amide bonds. The number of hydrogen-bond donors (Lipinski definition) is 0. The lowest BCUT2D eigenvalue weighted by molar-refractivity contribution is -0.138. The molecule has 2 heterocycles. The van der Waals surface area contributed by atoms with E-state index >= 15 is 0 Å². The SMILES string of the molecule is CN1CCN([C]=O)C(C(=O)N2CCCCC2)C1. The summed E-state index contributed by atoms with van der Waals surface area (Å²) in [6, 6.07) is -0.329. The molecule has 2 aliphatic heterocycles. The maximum Gasteiger partial charge on any atom is 0.312 e. The average molecular weight is 238 g/mol. The summed E-state index contributed by atoms with van der Waals surface area (Å²) in [5.74, 6) is 0.0969. The molecular formula is C12H20N3O2. The number of nitrogens with zero attached hydrogens (tertiary/aromatic N) is 3. The smallest absolute Gasteiger partial charge is 0.312 e. The van der Waals surface area contributed by atoms with E-state index in [1.807, 2.05) is 18.4 Å². The molecule has 1 unspecified atom stereocenters. The summed E-state index contributed by atoms with van der Waals surface area (Å²) < 4.78 is 0. The Kier molecular flexibility index (Phi) is 3.99. The van der Waals surface area contributed by atoms with E-state index < -0.39 is 0 Å². The van der Waals surface area contributed by atoms with E-state index in [1.165, 1.54) is 11.3 Å². The summed E-state index contributed by atoms with van der Waals surface area (Å²) in [6.45, 7) is 3.73. The highest BCUT2D eigenvalue weighted by Crippen LogP contribution is 2.14. The van der Waals surface area contributed by atoms with Crippen LogP contribution in [0.4, 0.5) is 0 Å². The van der Waals surface area contributed by atoms with Gasteiger partial charge in [-0.15, -0.1) is 0 Å². The van der Waals surface area contributed by atoms with E-state index in [0.29, 0.717) is 13.1 Å². The Labute approximate surface area is 102 Å². The summed E-state index contributed by atoms with van der Waals surface area (Å²) >= 11 is 0. The van der Waals surface area contributed by atoms with Crippen molar-refractivity contribution in [1.82, 2.24) is 14.7 Å². The predicted octanol–water partition coefficient (Wildman–Crippen LogP) is -0.318. The van der Waals surface area contributed by atoms with Crippen LogP contribution in [0.2, 0.25) is 0 Å². The van der Waals surface area contributed by atoms with Gasteiger partial charge in [-0.3, -0.25) is 9.59 Å². The van der Waals surface area contributed by atoms with Gasteiger partial charge in [0.05, 0.1) is 0 Å². The third-order valence-corrected chi connectivity index (χ3v) is 3.65. The molecule has 0 aromatic rings. The predicted molar refractivity (Wildman–Crippen MR) is 64.1 cm³/mol. The first kappa shape index (κ1) is 12.4. The Morgan fingerprint density at radius 3 is 2.47 bits per heavy atom. The fourth-order valence-electron chi connectivity index (χ4n) is 2.57. The summed E-state index contributed by atoms with van der Waals surface area (Å²) in [4.78, 5) is 28.7. The summed E-state index contributed by atoms with van der Waals surface area (Å²) in [5.41, 5.74) is 0. The molecule has 5 nitrogen and oxygen atoms in total. The van der Waals surface area contributed by atoms with Gasteiger partial charge in [-0.05, 0) is 26.3 Å². The van der Waals surface area contributed by atoms with Crippen LogP contribution in [0.3, 0.4) is 0 Å². The highest BCUT2D eigenvalue weighted by atomic mass is 16.2. The number of piperidine rings is 1. The van der Waals surface area contributed by atoms with Gasteiger partial charge in [0.25, 0.3) is 0 Å². The van der Waals surface area contributed by atoms with Crippen LogP contribution in [0, 0.1) is 0 Å². The van der Waals surface area contributed by atoms with Gasteiger partial charge in [0.1, 0.15) is 6.04 Å². The van der Waals surface area contributed by atoms with E-state index in [0.717, 1.165) is 32.5 Å². The molecule has 2 aliphatic rings. The lowest BCUT2D eigenvalue weighted by Crippen LogP contribution is -2.58. The van der Waals surface area contributed by atoms with E-state index in [4.69, 9.17) is 0 Å². The minimum Gasteiger partial charge on any atom is -0.341 e. The van der Waals surface area contributed by atoms with Crippen molar-refractivity contribution in [3.8, 4) is 0 Å². The fourth-order valence-corrected chi connectivity index (χ4v) is 2.57. The zero-order valence-electron chi connectivity index (χ0n) is 10.4. The number of likely N-dealkylation sites (N-methyl/N-ethyl adjacent to an activating group) is 1. The van der Waals surface area contributed by atoms with E-state index in [2.05, 4.69) is 4.90 Å². The molecule has 5 heteroatoms. The molecule has 0 aromatic carbocycles. The summed E-state index contributed by atoms with van der Waals surface area (Å²) in [6.07, 6.45) is 5.27. The van der Waals surface area contributed by atoms with Crippen LogP contribution < -0.4 is 0 Å². The van der Waals surface area contributed by atoms with Crippen LogP contribution in [0.1, 0.15) is 19.3 Å². The molecule has 17 heavy (non-hydrogen) atoms. The molecule has 2 fully saturated rings. The Hall–Kier alpha value is -1.10. The zero-order chi connectivity index (χ0) is 12.3. The lowest BCUT2D eigenvalue weighted by atomic mass is 10.1. The summed E-state index contributed by atoms with van der Waals surface area (Å²) in [7, 11) is 1.98. The van der Waals surface area contributed by atoms with E-state index in [-0.39, 0.29) is 11.9 Å². The molecule has 0 spiro atoms. The number of likely N-dealkylation sites (tertiary alicyclic amines) is 1. The highest BCUT2D eigenvalue weighted by molar-refractivity contribution is 5.84. The Morgan fingerprint density at radius 1 is 1.12 bits per heavy atom. The van der Waals surface area contributed by atoms with Crippen molar-refractivity contribution < 1.29 is 9.59 Å². The van der Waals surface area contributed by atoms with E-state index in [1.54, 1.807) is 0 Å². The number of rotatable bonds is 2. The van der Waals surface area contributed by atoms with Crippen molar-refractivity contribution in [1.29, 1.82) is 0 Å². The molecular weight excluding hydrogens is 218 g/mol. The second kappa shape index (κ2) is 5.49. The van der Waals surface area contributed by atoms with Crippen LogP contribution in [0.5, 0.6) is 0 Å². The van der Waals surface area contributed by atoms with Crippen molar-refractivity contribution in [3.63, 3.8) is 0 Å². The Morgan fingerprint density at radius 2 is 1.82 bits per heavy atom. The van der Waals surface area contributed by atoms with Crippen LogP contribution >= 0.6 is 0 Å². The van der Waals surface area contributed by atoms with Crippen LogP contribution in [0.15, 0.2) is 0 Å². The monoisotopic (exact) mass is 238 g/mol. The largest absolute Gasteiger partial charge is 0.341 e. The Balaban J connectivity index is 2.01. The van der Waals surface area contributed by atoms with Crippen molar-refractivity contribution >= 4 is 12.3 Å². The van der Waals surface area contributed by atoms with E-state index in [9.17, 15) is 9.59 Å². The average Bonchev–Trinajstić information content (AvgIpc) is 2.39. The van der Waals surface area contributed by atoms with Crippen molar-refractivity contribution in [2.45, 2.75) is 25.3 Å². The zero-order valence-corrected chi connectivity index (χ0v) is 10.4. The van der Waals surface area contributed by atoms with Gasteiger partial charge >= 0.3 is 6.41 Å². The minimum absolute atomic E-state index is 0.0969. The molecule has 2 saturated heterocycles. The lowest BCUT2D eigenvalue weighted by Gasteiger charge is -2.39. The first-order valence-corrected chi connectivity index (χ1v) is 6.34. The molecule has 2 rings (SSSR count). The number of carbonyl (C=O) groups excluding carboxylic acids is 2. The van der Waals surface area contributed by atoms with Gasteiger partial charge in [-0.2, -0.15) is 0 Å².